The number of para-hydroxylation sites is 1. The van der Waals surface area contributed by atoms with Crippen LogP contribution in [0.3, 0.4) is 0 Å². The number of esters is 1. The molecule has 2 rings (SSSR count). The molecule has 0 heterocycles. The highest BCUT2D eigenvalue weighted by atomic mass is 16.5. The first-order valence-electron chi connectivity index (χ1n) is 7.73. The van der Waals surface area contributed by atoms with Gasteiger partial charge < -0.3 is 19.5 Å². The molecule has 0 fully saturated rings. The molecule has 0 aliphatic carbocycles. The van der Waals surface area contributed by atoms with E-state index in [0.29, 0.717) is 22.7 Å². The quantitative estimate of drug-likeness (QED) is 0.801. The van der Waals surface area contributed by atoms with Gasteiger partial charge in [-0.2, -0.15) is 5.26 Å². The highest BCUT2D eigenvalue weighted by molar-refractivity contribution is 5.98. The summed E-state index contributed by atoms with van der Waals surface area (Å²) in [6.07, 6.45) is -1.05. The number of nitrogens with zero attached hydrogens (tertiary/aromatic N) is 1. The summed E-state index contributed by atoms with van der Waals surface area (Å²) in [5.41, 5.74) is 0.896. The van der Waals surface area contributed by atoms with E-state index in [1.807, 2.05) is 6.07 Å². The third-order valence-electron chi connectivity index (χ3n) is 3.58. The molecule has 0 aliphatic rings. The van der Waals surface area contributed by atoms with Gasteiger partial charge in [0, 0.05) is 0 Å². The highest BCUT2D eigenvalue weighted by Crippen LogP contribution is 2.28. The molecule has 2 aromatic rings. The molecular formula is C19H18N2O5. The number of carbonyl (C=O) groups excluding carboxylic acids is 2. The zero-order valence-electron chi connectivity index (χ0n) is 14.6. The molecule has 0 radical (unpaired) electrons. The van der Waals surface area contributed by atoms with E-state index in [0.717, 1.165) is 0 Å². The number of hydrogen-bond donors (Lipinski definition) is 1. The lowest BCUT2D eigenvalue weighted by molar-refractivity contribution is -0.123. The molecule has 134 valence electrons. The second kappa shape index (κ2) is 8.53. The summed E-state index contributed by atoms with van der Waals surface area (Å²) in [5.74, 6) is -0.367. The van der Waals surface area contributed by atoms with Gasteiger partial charge in [0.1, 0.15) is 6.07 Å². The van der Waals surface area contributed by atoms with E-state index in [1.165, 1.54) is 33.3 Å². The smallest absolute Gasteiger partial charge is 0.339 e. The Hall–Kier alpha value is -3.53. The van der Waals surface area contributed by atoms with Crippen LogP contribution in [0.4, 0.5) is 5.69 Å². The van der Waals surface area contributed by atoms with Crippen LogP contribution < -0.4 is 14.8 Å². The number of nitrogens with one attached hydrogen (secondary N) is 1. The second-order valence-electron chi connectivity index (χ2n) is 5.26. The summed E-state index contributed by atoms with van der Waals surface area (Å²) >= 11 is 0. The third kappa shape index (κ3) is 4.30. The number of amides is 1. The minimum Gasteiger partial charge on any atom is -0.493 e. The van der Waals surface area contributed by atoms with E-state index in [4.69, 9.17) is 19.5 Å². The number of benzene rings is 2. The Kier molecular flexibility index (Phi) is 6.17. The van der Waals surface area contributed by atoms with Crippen molar-refractivity contribution in [2.24, 2.45) is 0 Å². The van der Waals surface area contributed by atoms with Crippen LogP contribution in [-0.2, 0) is 9.53 Å². The van der Waals surface area contributed by atoms with Gasteiger partial charge in [0.25, 0.3) is 5.91 Å². The Morgan fingerprint density at radius 1 is 1.08 bits per heavy atom. The van der Waals surface area contributed by atoms with Crippen LogP contribution in [0.2, 0.25) is 0 Å². The van der Waals surface area contributed by atoms with Crippen molar-refractivity contribution in [3.8, 4) is 17.6 Å². The molecule has 2 aromatic carbocycles. The van der Waals surface area contributed by atoms with Crippen molar-refractivity contribution in [1.29, 1.82) is 5.26 Å². The van der Waals surface area contributed by atoms with Crippen molar-refractivity contribution in [2.75, 3.05) is 19.5 Å². The monoisotopic (exact) mass is 354 g/mol. The molecule has 0 aliphatic heterocycles. The highest BCUT2D eigenvalue weighted by Gasteiger charge is 2.21. The van der Waals surface area contributed by atoms with E-state index in [-0.39, 0.29) is 5.56 Å². The lowest BCUT2D eigenvalue weighted by Gasteiger charge is -2.15. The average Bonchev–Trinajstić information content (AvgIpc) is 2.67. The van der Waals surface area contributed by atoms with Crippen LogP contribution in [-0.4, -0.2) is 32.2 Å². The number of ether oxygens (including phenoxy) is 3. The van der Waals surface area contributed by atoms with E-state index >= 15 is 0 Å². The van der Waals surface area contributed by atoms with Gasteiger partial charge in [-0.3, -0.25) is 4.79 Å². The maximum Gasteiger partial charge on any atom is 0.339 e. The zero-order valence-corrected chi connectivity index (χ0v) is 14.6. The molecule has 7 nitrogen and oxygen atoms in total. The first-order valence-corrected chi connectivity index (χ1v) is 7.73. The Bertz CT molecular complexity index is 857. The molecule has 0 saturated carbocycles. The average molecular weight is 354 g/mol. The molecule has 0 bridgehead atoms. The summed E-state index contributed by atoms with van der Waals surface area (Å²) in [4.78, 5) is 24.5. The number of carbonyl (C=O) groups is 2. The molecule has 1 atom stereocenters. The number of rotatable bonds is 6. The summed E-state index contributed by atoms with van der Waals surface area (Å²) in [5, 5.41) is 11.6. The fourth-order valence-electron chi connectivity index (χ4n) is 2.17. The Balaban J connectivity index is 2.07. The molecule has 0 unspecified atom stereocenters. The maximum atomic E-state index is 12.3. The predicted octanol–water partition coefficient (Wildman–Crippen LogP) is 2.76. The van der Waals surface area contributed by atoms with Crippen molar-refractivity contribution in [3.63, 3.8) is 0 Å². The van der Waals surface area contributed by atoms with Gasteiger partial charge in [-0.1, -0.05) is 12.1 Å². The molecule has 1 amide bonds. The Morgan fingerprint density at radius 3 is 2.42 bits per heavy atom. The SMILES string of the molecule is COc1ccc(C(=O)O[C@@H](C)C(=O)Nc2ccccc2C#N)cc1OC. The minimum absolute atomic E-state index is 0.222. The normalized spacial score (nSPS) is 11.0. The molecule has 0 spiro atoms. The molecule has 26 heavy (non-hydrogen) atoms. The number of hydrogen-bond acceptors (Lipinski definition) is 6. The van der Waals surface area contributed by atoms with Crippen molar-refractivity contribution in [3.05, 3.63) is 53.6 Å². The third-order valence-corrected chi connectivity index (χ3v) is 3.58. The first-order chi connectivity index (χ1) is 12.5. The van der Waals surface area contributed by atoms with Gasteiger partial charge in [0.05, 0.1) is 31.0 Å². The molecular weight excluding hydrogens is 336 g/mol. The summed E-state index contributed by atoms with van der Waals surface area (Å²) in [6.45, 7) is 1.45. The number of methoxy groups -OCH3 is 2. The predicted molar refractivity (Wildman–Crippen MR) is 94.2 cm³/mol. The van der Waals surface area contributed by atoms with E-state index in [1.54, 1.807) is 30.3 Å². The van der Waals surface area contributed by atoms with Crippen molar-refractivity contribution >= 4 is 17.6 Å². The van der Waals surface area contributed by atoms with Crippen LogP contribution in [0.25, 0.3) is 0 Å². The van der Waals surface area contributed by atoms with Gasteiger partial charge in [-0.25, -0.2) is 4.79 Å². The van der Waals surface area contributed by atoms with Gasteiger partial charge in [0.15, 0.2) is 17.6 Å². The molecule has 0 saturated heterocycles. The minimum atomic E-state index is -1.05. The van der Waals surface area contributed by atoms with Crippen LogP contribution in [0.15, 0.2) is 42.5 Å². The second-order valence-corrected chi connectivity index (χ2v) is 5.26. The summed E-state index contributed by atoms with van der Waals surface area (Å²) < 4.78 is 15.4. The van der Waals surface area contributed by atoms with E-state index in [9.17, 15) is 9.59 Å². The molecule has 1 N–H and O–H groups in total. The Labute approximate surface area is 151 Å². The standard InChI is InChI=1S/C19H18N2O5/c1-12(18(22)21-15-7-5-4-6-14(15)11-20)26-19(23)13-8-9-16(24-2)17(10-13)25-3/h4-10,12H,1-3H3,(H,21,22)/t12-/m0/s1. The molecule has 7 heteroatoms. The van der Waals surface area contributed by atoms with Gasteiger partial charge in [-0.05, 0) is 37.3 Å². The number of anilines is 1. The van der Waals surface area contributed by atoms with E-state index < -0.39 is 18.0 Å². The lowest BCUT2D eigenvalue weighted by Crippen LogP contribution is -2.30. The van der Waals surface area contributed by atoms with Gasteiger partial charge in [0.2, 0.25) is 0 Å². The van der Waals surface area contributed by atoms with E-state index in [2.05, 4.69) is 5.32 Å². The van der Waals surface area contributed by atoms with Crippen molar-refractivity contribution in [1.82, 2.24) is 0 Å². The van der Waals surface area contributed by atoms with Crippen LogP contribution in [0.1, 0.15) is 22.8 Å². The van der Waals surface area contributed by atoms with Gasteiger partial charge in [-0.15, -0.1) is 0 Å². The summed E-state index contributed by atoms with van der Waals surface area (Å²) in [6, 6.07) is 13.1. The number of nitriles is 1. The first kappa shape index (κ1) is 18.8. The van der Waals surface area contributed by atoms with Crippen LogP contribution >= 0.6 is 0 Å². The van der Waals surface area contributed by atoms with Gasteiger partial charge >= 0.3 is 5.97 Å². The topological polar surface area (TPSA) is 97.6 Å². The fourth-order valence-corrected chi connectivity index (χ4v) is 2.17. The van der Waals surface area contributed by atoms with Crippen LogP contribution in [0, 0.1) is 11.3 Å². The van der Waals surface area contributed by atoms with Crippen molar-refractivity contribution < 1.29 is 23.8 Å². The largest absolute Gasteiger partial charge is 0.493 e. The van der Waals surface area contributed by atoms with Crippen molar-refractivity contribution in [2.45, 2.75) is 13.0 Å². The van der Waals surface area contributed by atoms with Crippen LogP contribution in [0.5, 0.6) is 11.5 Å². The molecule has 0 aromatic heterocycles. The maximum absolute atomic E-state index is 12.3. The lowest BCUT2D eigenvalue weighted by atomic mass is 10.2. The zero-order chi connectivity index (χ0) is 19.1. The fraction of sp³-hybridized carbons (Fsp3) is 0.211. The summed E-state index contributed by atoms with van der Waals surface area (Å²) in [7, 11) is 2.94. The Morgan fingerprint density at radius 2 is 1.77 bits per heavy atom.